The summed E-state index contributed by atoms with van der Waals surface area (Å²) in [4.78, 5) is 3.15. The van der Waals surface area contributed by atoms with Gasteiger partial charge in [-0.15, -0.1) is 0 Å². The van der Waals surface area contributed by atoms with E-state index < -0.39 is 0 Å². The zero-order valence-corrected chi connectivity index (χ0v) is 9.52. The van der Waals surface area contributed by atoms with E-state index >= 15 is 0 Å². The molecule has 0 aromatic heterocycles. The van der Waals surface area contributed by atoms with Gasteiger partial charge in [0.15, 0.2) is 0 Å². The van der Waals surface area contributed by atoms with Gasteiger partial charge in [-0.05, 0) is 32.5 Å². The van der Waals surface area contributed by atoms with Crippen molar-refractivity contribution in [3.63, 3.8) is 0 Å². The van der Waals surface area contributed by atoms with E-state index in [0.717, 1.165) is 0 Å². The lowest BCUT2D eigenvalue weighted by Crippen LogP contribution is -2.24. The number of alkyl halides is 1. The zero-order chi connectivity index (χ0) is 8.69. The van der Waals surface area contributed by atoms with Crippen LogP contribution in [0.5, 0.6) is 0 Å². The molecular formula is C9H20BrN. The second-order valence-corrected chi connectivity index (χ2v) is 4.51. The summed E-state index contributed by atoms with van der Waals surface area (Å²) in [5.41, 5.74) is 0. The molecule has 11 heavy (non-hydrogen) atoms. The van der Waals surface area contributed by atoms with Crippen molar-refractivity contribution in [1.29, 1.82) is 0 Å². The van der Waals surface area contributed by atoms with E-state index in [2.05, 4.69) is 41.6 Å². The van der Waals surface area contributed by atoms with Gasteiger partial charge in [-0.25, -0.2) is 0 Å². The minimum Gasteiger partial charge on any atom is -0.304 e. The van der Waals surface area contributed by atoms with Gasteiger partial charge in [-0.1, -0.05) is 36.7 Å². The molecule has 0 rings (SSSR count). The van der Waals surface area contributed by atoms with Crippen molar-refractivity contribution in [1.82, 2.24) is 4.90 Å². The summed E-state index contributed by atoms with van der Waals surface area (Å²) in [5, 5.41) is 0. The van der Waals surface area contributed by atoms with Crippen LogP contribution in [-0.2, 0) is 0 Å². The zero-order valence-electron chi connectivity index (χ0n) is 7.94. The SMILES string of the molecule is CCN(CC)CCC[C@@H](C)Br. The van der Waals surface area contributed by atoms with Gasteiger partial charge in [0.1, 0.15) is 0 Å². The summed E-state index contributed by atoms with van der Waals surface area (Å²) in [6.07, 6.45) is 2.60. The molecule has 0 saturated heterocycles. The fourth-order valence-electron chi connectivity index (χ4n) is 1.14. The molecule has 1 nitrogen and oxygen atoms in total. The van der Waals surface area contributed by atoms with E-state index in [1.54, 1.807) is 0 Å². The first kappa shape index (κ1) is 11.4. The summed E-state index contributed by atoms with van der Waals surface area (Å²) in [7, 11) is 0. The molecule has 0 saturated carbocycles. The minimum absolute atomic E-state index is 0.679. The molecule has 0 N–H and O–H groups in total. The lowest BCUT2D eigenvalue weighted by Gasteiger charge is -2.17. The highest BCUT2D eigenvalue weighted by Gasteiger charge is 1.99. The number of nitrogens with zero attached hydrogens (tertiary/aromatic N) is 1. The Hall–Kier alpha value is 0.440. The number of hydrogen-bond acceptors (Lipinski definition) is 1. The molecule has 68 valence electrons. The lowest BCUT2D eigenvalue weighted by atomic mass is 10.2. The van der Waals surface area contributed by atoms with Crippen LogP contribution in [0.15, 0.2) is 0 Å². The van der Waals surface area contributed by atoms with Gasteiger partial charge < -0.3 is 4.90 Å². The molecule has 0 amide bonds. The summed E-state index contributed by atoms with van der Waals surface area (Å²) >= 11 is 3.55. The topological polar surface area (TPSA) is 3.24 Å². The van der Waals surface area contributed by atoms with Crippen molar-refractivity contribution >= 4 is 15.9 Å². The van der Waals surface area contributed by atoms with Gasteiger partial charge in [0.25, 0.3) is 0 Å². The molecule has 0 aliphatic carbocycles. The second-order valence-electron chi connectivity index (χ2n) is 2.95. The van der Waals surface area contributed by atoms with E-state index in [1.807, 2.05) is 0 Å². The molecule has 0 aromatic rings. The molecule has 0 fully saturated rings. The Morgan fingerprint density at radius 1 is 1.27 bits per heavy atom. The molecule has 0 spiro atoms. The van der Waals surface area contributed by atoms with Crippen molar-refractivity contribution in [3.8, 4) is 0 Å². The first-order chi connectivity index (χ1) is 5.20. The third-order valence-corrected chi connectivity index (χ3v) is 2.43. The van der Waals surface area contributed by atoms with Gasteiger partial charge in [0.2, 0.25) is 0 Å². The van der Waals surface area contributed by atoms with Crippen LogP contribution in [0.3, 0.4) is 0 Å². The number of rotatable bonds is 6. The molecule has 2 heteroatoms. The molecular weight excluding hydrogens is 202 g/mol. The Labute approximate surface area is 79.3 Å². The number of halogens is 1. The second kappa shape index (κ2) is 7.11. The van der Waals surface area contributed by atoms with Gasteiger partial charge in [0.05, 0.1) is 0 Å². The lowest BCUT2D eigenvalue weighted by molar-refractivity contribution is 0.297. The molecule has 1 atom stereocenters. The normalized spacial score (nSPS) is 13.9. The van der Waals surface area contributed by atoms with Gasteiger partial charge in [-0.2, -0.15) is 0 Å². The maximum Gasteiger partial charge on any atom is 0.0118 e. The highest BCUT2D eigenvalue weighted by atomic mass is 79.9. The van der Waals surface area contributed by atoms with E-state index in [1.165, 1.54) is 32.5 Å². The van der Waals surface area contributed by atoms with Crippen LogP contribution in [0.1, 0.15) is 33.6 Å². The average molecular weight is 222 g/mol. The Kier molecular flexibility index (Phi) is 7.39. The Morgan fingerprint density at radius 2 is 1.82 bits per heavy atom. The fraction of sp³-hybridized carbons (Fsp3) is 1.00. The van der Waals surface area contributed by atoms with Crippen molar-refractivity contribution in [3.05, 3.63) is 0 Å². The maximum absolute atomic E-state index is 3.55. The summed E-state index contributed by atoms with van der Waals surface area (Å²) in [6.45, 7) is 10.3. The number of hydrogen-bond donors (Lipinski definition) is 0. The Morgan fingerprint density at radius 3 is 2.18 bits per heavy atom. The highest BCUT2D eigenvalue weighted by molar-refractivity contribution is 9.09. The van der Waals surface area contributed by atoms with Gasteiger partial charge >= 0.3 is 0 Å². The molecule has 0 heterocycles. The predicted molar refractivity (Wildman–Crippen MR) is 55.4 cm³/mol. The predicted octanol–water partition coefficient (Wildman–Crippen LogP) is 2.89. The van der Waals surface area contributed by atoms with Crippen LogP contribution in [0.4, 0.5) is 0 Å². The molecule has 0 aliphatic heterocycles. The van der Waals surface area contributed by atoms with Crippen LogP contribution in [0.2, 0.25) is 0 Å². The molecule has 0 radical (unpaired) electrons. The molecule has 0 bridgehead atoms. The van der Waals surface area contributed by atoms with E-state index in [0.29, 0.717) is 4.83 Å². The van der Waals surface area contributed by atoms with Crippen molar-refractivity contribution in [2.75, 3.05) is 19.6 Å². The van der Waals surface area contributed by atoms with Crippen LogP contribution in [-0.4, -0.2) is 29.4 Å². The van der Waals surface area contributed by atoms with Gasteiger partial charge in [0, 0.05) is 4.83 Å². The summed E-state index contributed by atoms with van der Waals surface area (Å²) in [6, 6.07) is 0. The van der Waals surface area contributed by atoms with E-state index in [9.17, 15) is 0 Å². The van der Waals surface area contributed by atoms with Gasteiger partial charge in [-0.3, -0.25) is 0 Å². The van der Waals surface area contributed by atoms with Crippen LogP contribution in [0, 0.1) is 0 Å². The maximum atomic E-state index is 3.55. The Balaban J connectivity index is 3.21. The third-order valence-electron chi connectivity index (χ3n) is 1.97. The quantitative estimate of drug-likeness (QED) is 0.624. The van der Waals surface area contributed by atoms with Crippen molar-refractivity contribution < 1.29 is 0 Å². The largest absolute Gasteiger partial charge is 0.304 e. The third kappa shape index (κ3) is 6.82. The highest BCUT2D eigenvalue weighted by Crippen LogP contribution is 2.06. The monoisotopic (exact) mass is 221 g/mol. The van der Waals surface area contributed by atoms with E-state index in [4.69, 9.17) is 0 Å². The van der Waals surface area contributed by atoms with E-state index in [-0.39, 0.29) is 0 Å². The Bertz CT molecular complexity index is 79.6. The van der Waals surface area contributed by atoms with Crippen molar-refractivity contribution in [2.45, 2.75) is 38.4 Å². The summed E-state index contributed by atoms with van der Waals surface area (Å²) in [5.74, 6) is 0. The first-order valence-corrected chi connectivity index (χ1v) is 5.48. The average Bonchev–Trinajstić information content (AvgIpc) is 1.98. The van der Waals surface area contributed by atoms with Crippen molar-refractivity contribution in [2.24, 2.45) is 0 Å². The fourth-order valence-corrected chi connectivity index (χ4v) is 1.46. The van der Waals surface area contributed by atoms with Crippen LogP contribution < -0.4 is 0 Å². The molecule has 0 unspecified atom stereocenters. The minimum atomic E-state index is 0.679. The standard InChI is InChI=1S/C9H20BrN/c1-4-11(5-2)8-6-7-9(3)10/h9H,4-8H2,1-3H3/t9-/m1/s1. The van der Waals surface area contributed by atoms with Crippen LogP contribution in [0.25, 0.3) is 0 Å². The molecule has 0 aromatic carbocycles. The van der Waals surface area contributed by atoms with Crippen LogP contribution >= 0.6 is 15.9 Å². The first-order valence-electron chi connectivity index (χ1n) is 4.57. The smallest absolute Gasteiger partial charge is 0.0118 e. The molecule has 0 aliphatic rings. The summed E-state index contributed by atoms with van der Waals surface area (Å²) < 4.78 is 0.